The van der Waals surface area contributed by atoms with Gasteiger partial charge < -0.3 is 29.2 Å². The van der Waals surface area contributed by atoms with Crippen LogP contribution in [0.25, 0.3) is 0 Å². The highest BCUT2D eigenvalue weighted by molar-refractivity contribution is 7.07. The molecule has 6 nitrogen and oxygen atoms in total. The van der Waals surface area contributed by atoms with Crippen molar-refractivity contribution in [2.24, 2.45) is 0 Å². The fourth-order valence-electron chi connectivity index (χ4n) is 16.3. The maximum absolute atomic E-state index is 7.24. The van der Waals surface area contributed by atoms with Gasteiger partial charge in [-0.25, -0.2) is 0 Å². The Morgan fingerprint density at radius 2 is 0.512 bits per heavy atom. The van der Waals surface area contributed by atoms with E-state index in [-0.39, 0.29) is 26.9 Å². The molecular formula is C72H43B4N5O. The molecule has 0 saturated heterocycles. The van der Waals surface area contributed by atoms with Gasteiger partial charge in [0.05, 0.1) is 0 Å². The van der Waals surface area contributed by atoms with Crippen LogP contribution in [0.1, 0.15) is 0 Å². The molecule has 0 N–H and O–H groups in total. The molecule has 374 valence electrons. The van der Waals surface area contributed by atoms with Crippen molar-refractivity contribution in [3.63, 3.8) is 0 Å². The van der Waals surface area contributed by atoms with E-state index in [1.165, 1.54) is 122 Å². The second kappa shape index (κ2) is 15.7. The predicted octanol–water partition coefficient (Wildman–Crippen LogP) is 9.40. The van der Waals surface area contributed by atoms with E-state index in [0.717, 1.165) is 39.9 Å². The minimum atomic E-state index is -0.110. The quantitative estimate of drug-likeness (QED) is 0.164. The van der Waals surface area contributed by atoms with Crippen LogP contribution in [0.4, 0.5) is 85.3 Å². The molecule has 0 saturated carbocycles. The van der Waals surface area contributed by atoms with Crippen molar-refractivity contribution in [3.8, 4) is 11.5 Å². The number of rotatable bonds is 3. The number of anilines is 15. The molecule has 0 unspecified atom stereocenters. The fourth-order valence-corrected chi connectivity index (χ4v) is 16.3. The van der Waals surface area contributed by atoms with Gasteiger partial charge in [0.15, 0.2) is 0 Å². The molecule has 0 amide bonds. The molecule has 0 aromatic heterocycles. The van der Waals surface area contributed by atoms with Gasteiger partial charge in [0, 0.05) is 91.4 Å². The largest absolute Gasteiger partial charge is 0.458 e. The summed E-state index contributed by atoms with van der Waals surface area (Å²) in [4.78, 5) is 12.9. The molecule has 8 aliphatic heterocycles. The van der Waals surface area contributed by atoms with Crippen molar-refractivity contribution < 1.29 is 4.74 Å². The minimum Gasteiger partial charge on any atom is -0.458 e. The minimum absolute atomic E-state index is 0.00496. The van der Waals surface area contributed by atoms with Crippen molar-refractivity contribution in [1.29, 1.82) is 0 Å². The van der Waals surface area contributed by atoms with Gasteiger partial charge in [-0.15, -0.1) is 0 Å². The number of hydrogen-bond donors (Lipinski definition) is 0. The number of fused-ring (bicyclic) bond motifs is 20. The Morgan fingerprint density at radius 3 is 0.951 bits per heavy atom. The van der Waals surface area contributed by atoms with Crippen LogP contribution in [-0.2, 0) is 0 Å². The Hall–Kier alpha value is -10.3. The zero-order valence-electron chi connectivity index (χ0n) is 44.3. The molecule has 0 radical (unpaired) electrons. The highest BCUT2D eigenvalue weighted by Crippen LogP contribution is 2.53. The lowest BCUT2D eigenvalue weighted by Gasteiger charge is -2.52. The summed E-state index contributed by atoms with van der Waals surface area (Å²) in [6.07, 6.45) is 0. The Labute approximate surface area is 476 Å². The Morgan fingerprint density at radius 1 is 0.207 bits per heavy atom. The van der Waals surface area contributed by atoms with Crippen LogP contribution in [-0.4, -0.2) is 26.9 Å². The first-order valence-corrected chi connectivity index (χ1v) is 28.7. The second-order valence-electron chi connectivity index (χ2n) is 23.0. The average molecular weight is 1040 g/mol. The summed E-state index contributed by atoms with van der Waals surface area (Å²) in [6, 6.07) is 98.0. The molecule has 0 bridgehead atoms. The van der Waals surface area contributed by atoms with Gasteiger partial charge in [-0.3, -0.25) is 0 Å². The lowest BCUT2D eigenvalue weighted by atomic mass is 9.27. The van der Waals surface area contributed by atoms with Crippen LogP contribution in [0.5, 0.6) is 11.5 Å². The molecular weight excluding hydrogens is 994 g/mol. The van der Waals surface area contributed by atoms with E-state index >= 15 is 0 Å². The summed E-state index contributed by atoms with van der Waals surface area (Å²) in [6.45, 7) is -0.221. The molecule has 0 atom stereocenters. The van der Waals surface area contributed by atoms with Crippen LogP contribution in [0.3, 0.4) is 0 Å². The first-order chi connectivity index (χ1) is 40.8. The number of ether oxygens (including phenoxy) is 1. The number of benzene rings is 12. The van der Waals surface area contributed by atoms with E-state index in [2.05, 4.69) is 285 Å². The second-order valence-corrected chi connectivity index (χ2v) is 23.0. The van der Waals surface area contributed by atoms with Crippen molar-refractivity contribution in [3.05, 3.63) is 261 Å². The van der Waals surface area contributed by atoms with E-state index in [4.69, 9.17) is 4.74 Å². The molecule has 82 heavy (non-hydrogen) atoms. The zero-order chi connectivity index (χ0) is 53.1. The van der Waals surface area contributed by atoms with E-state index < -0.39 is 0 Å². The standard InChI is InChI=1S/C72H43B4N5O/c1-4-22-44(23-5-1)77-55-34-16-10-28-47(55)73-48-29-11-17-35-56(48)80-58-37-19-13-31-50(58)75-53-40-54-61(41-60(53)78(45-24-6-2-7-25-45)63-42-62(77)67(73)71(80)68(63)75)79(46-26-8-3-9-27-46)64-43-66-70-72-69(64)76(54)51-32-14-20-38-59(51)81(72)57-36-18-12-30-49(57)74(70)52-33-15-21-39-65(52)82-66/h1-43H. The Kier molecular flexibility index (Phi) is 8.36. The number of para-hydroxylation sites is 9. The topological polar surface area (TPSA) is 25.4 Å². The zero-order valence-corrected chi connectivity index (χ0v) is 44.3. The summed E-state index contributed by atoms with van der Waals surface area (Å²) in [7, 11) is 0. The van der Waals surface area contributed by atoms with Gasteiger partial charge >= 0.3 is 0 Å². The first kappa shape index (κ1) is 43.6. The molecule has 10 heteroatoms. The lowest BCUT2D eigenvalue weighted by molar-refractivity contribution is 0.488. The highest BCUT2D eigenvalue weighted by atomic mass is 16.5. The third-order valence-corrected chi connectivity index (χ3v) is 19.2. The highest BCUT2D eigenvalue weighted by Gasteiger charge is 2.55. The molecule has 12 aromatic carbocycles. The Bertz CT molecular complexity index is 4820. The van der Waals surface area contributed by atoms with Gasteiger partial charge in [-0.2, -0.15) is 0 Å². The predicted molar refractivity (Wildman–Crippen MR) is 345 cm³/mol. The molecule has 12 aromatic rings. The summed E-state index contributed by atoms with van der Waals surface area (Å²) in [5.41, 5.74) is 33.4. The SMILES string of the molecule is c1ccc(N2c3cc4c(cc3B3c5ccccc5N5c6ccccc6B6c7ccccc7Oc7cc2c3c5c76)B2c3ccccc3N3c5ccccc5B5c6ccccc6N(c6ccccc6)c6cc(c2c3c65)N4c2ccccc2)cc1. The average Bonchev–Trinajstić information content (AvgIpc) is 0.955. The maximum Gasteiger partial charge on any atom is 0.256 e. The molecule has 8 aliphatic rings. The van der Waals surface area contributed by atoms with E-state index in [1.54, 1.807) is 0 Å². The van der Waals surface area contributed by atoms with Crippen LogP contribution in [0.2, 0.25) is 0 Å². The summed E-state index contributed by atoms with van der Waals surface area (Å²) in [5, 5.41) is 0. The third kappa shape index (κ3) is 5.36. The van der Waals surface area contributed by atoms with E-state index in [1.807, 2.05) is 0 Å². The summed E-state index contributed by atoms with van der Waals surface area (Å²) in [5.74, 6) is 1.82. The molecule has 0 spiro atoms. The molecule has 8 heterocycles. The lowest BCUT2D eigenvalue weighted by Crippen LogP contribution is -2.70. The summed E-state index contributed by atoms with van der Waals surface area (Å²) < 4.78 is 7.24. The van der Waals surface area contributed by atoms with Crippen LogP contribution in [0.15, 0.2) is 261 Å². The normalized spacial score (nSPS) is 14.7. The van der Waals surface area contributed by atoms with Crippen LogP contribution < -0.4 is 94.8 Å². The van der Waals surface area contributed by atoms with Crippen molar-refractivity contribution >= 4 is 178 Å². The van der Waals surface area contributed by atoms with Gasteiger partial charge in [0.25, 0.3) is 26.9 Å². The molecule has 0 fully saturated rings. The van der Waals surface area contributed by atoms with Gasteiger partial charge in [0.1, 0.15) is 11.5 Å². The monoisotopic (exact) mass is 1040 g/mol. The smallest absolute Gasteiger partial charge is 0.256 e. The van der Waals surface area contributed by atoms with Crippen LogP contribution >= 0.6 is 0 Å². The fraction of sp³-hybridized carbons (Fsp3) is 0. The van der Waals surface area contributed by atoms with Crippen molar-refractivity contribution in [2.75, 3.05) is 24.5 Å². The van der Waals surface area contributed by atoms with Gasteiger partial charge in [0.2, 0.25) is 0 Å². The number of hydrogen-bond acceptors (Lipinski definition) is 6. The first-order valence-electron chi connectivity index (χ1n) is 28.7. The number of nitrogens with zero attached hydrogens (tertiary/aromatic N) is 5. The van der Waals surface area contributed by atoms with Crippen LogP contribution in [0, 0.1) is 0 Å². The van der Waals surface area contributed by atoms with E-state index in [9.17, 15) is 0 Å². The molecule has 0 aliphatic carbocycles. The maximum atomic E-state index is 7.24. The Balaban J connectivity index is 0.928. The summed E-state index contributed by atoms with van der Waals surface area (Å²) >= 11 is 0. The third-order valence-electron chi connectivity index (χ3n) is 19.2. The molecule has 20 rings (SSSR count). The van der Waals surface area contributed by atoms with Crippen molar-refractivity contribution in [2.45, 2.75) is 0 Å². The van der Waals surface area contributed by atoms with Crippen molar-refractivity contribution in [1.82, 2.24) is 0 Å². The van der Waals surface area contributed by atoms with Gasteiger partial charge in [-0.05, 0) is 150 Å². The van der Waals surface area contributed by atoms with Gasteiger partial charge in [-0.1, -0.05) is 170 Å². The van der Waals surface area contributed by atoms with E-state index in [0.29, 0.717) is 0 Å².